The van der Waals surface area contributed by atoms with Gasteiger partial charge in [0.05, 0.1) is 5.56 Å². The smallest absolute Gasteiger partial charge is 0.366 e. The zero-order chi connectivity index (χ0) is 20.9. The predicted molar refractivity (Wildman–Crippen MR) is 104 cm³/mol. The van der Waals surface area contributed by atoms with E-state index in [4.69, 9.17) is 0 Å². The lowest BCUT2D eigenvalue weighted by Gasteiger charge is -2.15. The van der Waals surface area contributed by atoms with Crippen LogP contribution in [0.25, 0.3) is 0 Å². The summed E-state index contributed by atoms with van der Waals surface area (Å²) in [6, 6.07) is 5.21. The van der Waals surface area contributed by atoms with Gasteiger partial charge in [0.25, 0.3) is 0 Å². The number of aryl methyl sites for hydroxylation is 1. The summed E-state index contributed by atoms with van der Waals surface area (Å²) >= 11 is 0. The number of rotatable bonds is 8. The molecule has 0 radical (unpaired) electrons. The van der Waals surface area contributed by atoms with Crippen LogP contribution < -0.4 is 10.6 Å². The third-order valence-electron chi connectivity index (χ3n) is 4.75. The molecular formula is C20H24F3N5O. The first-order chi connectivity index (χ1) is 13.8. The average molecular weight is 407 g/mol. The summed E-state index contributed by atoms with van der Waals surface area (Å²) in [5.74, 6) is 1.21. The molecule has 2 heterocycles. The van der Waals surface area contributed by atoms with Crippen molar-refractivity contribution in [2.45, 2.75) is 38.9 Å². The van der Waals surface area contributed by atoms with E-state index in [0.717, 1.165) is 37.1 Å². The molecule has 1 aromatic carbocycles. The first-order valence-corrected chi connectivity index (χ1v) is 9.58. The molecule has 0 aliphatic carbocycles. The number of carbonyl (C=O) groups excluding carboxylic acids is 1. The molecule has 1 aliphatic heterocycles. The number of amides is 1. The molecule has 0 saturated carbocycles. The van der Waals surface area contributed by atoms with Gasteiger partial charge in [-0.05, 0) is 37.5 Å². The number of alkyl halides is 3. The second kappa shape index (κ2) is 9.11. The Hall–Kier alpha value is -2.84. The van der Waals surface area contributed by atoms with Crippen LogP contribution in [0.3, 0.4) is 0 Å². The van der Waals surface area contributed by atoms with Crippen molar-refractivity contribution in [3.63, 3.8) is 0 Å². The van der Waals surface area contributed by atoms with Gasteiger partial charge in [-0.1, -0.05) is 12.1 Å². The van der Waals surface area contributed by atoms with Crippen LogP contribution in [0, 0.1) is 6.92 Å². The van der Waals surface area contributed by atoms with Gasteiger partial charge in [0, 0.05) is 44.4 Å². The molecule has 1 aromatic heterocycles. The number of hydrogen-bond acceptors (Lipinski definition) is 5. The van der Waals surface area contributed by atoms with E-state index in [-0.39, 0.29) is 12.5 Å². The molecule has 0 unspecified atom stereocenters. The summed E-state index contributed by atoms with van der Waals surface area (Å²) in [6.07, 6.45) is -0.356. The fraction of sp³-hybridized carbons (Fsp3) is 0.450. The van der Waals surface area contributed by atoms with Gasteiger partial charge in [-0.2, -0.15) is 18.2 Å². The quantitative estimate of drug-likeness (QED) is 0.651. The zero-order valence-corrected chi connectivity index (χ0v) is 16.2. The molecule has 1 saturated heterocycles. The molecule has 2 N–H and O–H groups in total. The molecular weight excluding hydrogens is 383 g/mol. The lowest BCUT2D eigenvalue weighted by molar-refractivity contribution is -0.137. The van der Waals surface area contributed by atoms with Gasteiger partial charge in [0.1, 0.15) is 5.82 Å². The molecule has 29 heavy (non-hydrogen) atoms. The van der Waals surface area contributed by atoms with Crippen LogP contribution in [0.2, 0.25) is 0 Å². The monoisotopic (exact) mass is 407 g/mol. The van der Waals surface area contributed by atoms with E-state index >= 15 is 0 Å². The highest BCUT2D eigenvalue weighted by Gasteiger charge is 2.30. The Kier molecular flexibility index (Phi) is 6.56. The molecule has 1 amide bonds. The van der Waals surface area contributed by atoms with Crippen molar-refractivity contribution in [1.82, 2.24) is 14.9 Å². The van der Waals surface area contributed by atoms with Gasteiger partial charge in [-0.3, -0.25) is 4.79 Å². The third kappa shape index (κ3) is 5.82. The Morgan fingerprint density at radius 3 is 2.79 bits per heavy atom. The molecule has 9 heteroatoms. The minimum absolute atomic E-state index is 0.206. The topological polar surface area (TPSA) is 70.2 Å². The molecule has 3 rings (SSSR count). The normalized spacial score (nSPS) is 14.3. The number of anilines is 2. The fourth-order valence-electron chi connectivity index (χ4n) is 3.16. The summed E-state index contributed by atoms with van der Waals surface area (Å²) < 4.78 is 38.5. The molecule has 6 nitrogen and oxygen atoms in total. The lowest BCUT2D eigenvalue weighted by atomic mass is 10.1. The summed E-state index contributed by atoms with van der Waals surface area (Å²) in [7, 11) is 0. The predicted octanol–water partition coefficient (Wildman–Crippen LogP) is 3.84. The summed E-state index contributed by atoms with van der Waals surface area (Å²) in [6.45, 7) is 4.21. The van der Waals surface area contributed by atoms with E-state index in [1.165, 1.54) is 6.07 Å². The Morgan fingerprint density at radius 2 is 2.07 bits per heavy atom. The molecule has 0 atom stereocenters. The van der Waals surface area contributed by atoms with Crippen molar-refractivity contribution >= 4 is 17.7 Å². The Morgan fingerprint density at radius 1 is 1.24 bits per heavy atom. The van der Waals surface area contributed by atoms with Crippen molar-refractivity contribution in [2.24, 2.45) is 0 Å². The van der Waals surface area contributed by atoms with Gasteiger partial charge in [-0.15, -0.1) is 0 Å². The highest BCUT2D eigenvalue weighted by Crippen LogP contribution is 2.29. The van der Waals surface area contributed by atoms with Gasteiger partial charge >= 0.3 is 6.18 Å². The molecule has 1 fully saturated rings. The number of hydrogen-bond donors (Lipinski definition) is 2. The van der Waals surface area contributed by atoms with Crippen LogP contribution in [0.1, 0.15) is 36.0 Å². The number of nitrogens with one attached hydrogen (secondary N) is 2. The molecule has 0 spiro atoms. The fourth-order valence-corrected chi connectivity index (χ4v) is 3.16. The molecule has 1 aliphatic rings. The van der Waals surface area contributed by atoms with Crippen molar-refractivity contribution in [3.05, 3.63) is 47.2 Å². The number of halogens is 3. The van der Waals surface area contributed by atoms with E-state index < -0.39 is 11.7 Å². The Bertz CT molecular complexity index is 856. The maximum absolute atomic E-state index is 12.8. The summed E-state index contributed by atoms with van der Waals surface area (Å²) in [5, 5.41) is 6.21. The zero-order valence-electron chi connectivity index (χ0n) is 16.2. The maximum Gasteiger partial charge on any atom is 0.416 e. The second-order valence-corrected chi connectivity index (χ2v) is 7.04. The highest BCUT2D eigenvalue weighted by atomic mass is 19.4. The van der Waals surface area contributed by atoms with Gasteiger partial charge < -0.3 is 15.5 Å². The van der Waals surface area contributed by atoms with Crippen LogP contribution in [0.4, 0.5) is 24.9 Å². The third-order valence-corrected chi connectivity index (χ3v) is 4.75. The van der Waals surface area contributed by atoms with Crippen LogP contribution in [-0.4, -0.2) is 40.4 Å². The molecule has 156 valence electrons. The number of benzene rings is 1. The minimum atomic E-state index is -4.36. The average Bonchev–Trinajstić information content (AvgIpc) is 3.10. The van der Waals surface area contributed by atoms with E-state index in [0.29, 0.717) is 36.8 Å². The van der Waals surface area contributed by atoms with Crippen molar-refractivity contribution in [1.29, 1.82) is 0 Å². The van der Waals surface area contributed by atoms with Gasteiger partial charge in [-0.25, -0.2) is 4.98 Å². The van der Waals surface area contributed by atoms with E-state index in [9.17, 15) is 18.0 Å². The van der Waals surface area contributed by atoms with Gasteiger partial charge in [0.2, 0.25) is 11.9 Å². The van der Waals surface area contributed by atoms with E-state index in [1.807, 2.05) is 11.8 Å². The van der Waals surface area contributed by atoms with E-state index in [1.54, 1.807) is 12.3 Å². The first-order valence-electron chi connectivity index (χ1n) is 9.58. The Balaban J connectivity index is 1.53. The highest BCUT2D eigenvalue weighted by molar-refractivity contribution is 5.78. The van der Waals surface area contributed by atoms with Gasteiger partial charge in [0.15, 0.2) is 0 Å². The number of aromatic nitrogens is 2. The molecule has 2 aromatic rings. The van der Waals surface area contributed by atoms with Crippen molar-refractivity contribution in [3.8, 4) is 0 Å². The standard InChI is InChI=1S/C20H24F3N5O/c1-14-12-26-19(24-8-4-10-28-9-3-7-17(28)29)27-18(14)25-13-15-5-2-6-16(11-15)20(21,22)23/h2,5-6,11-12H,3-4,7-10,13H2,1H3,(H2,24,25,26,27). The van der Waals surface area contributed by atoms with Crippen LogP contribution in [0.5, 0.6) is 0 Å². The van der Waals surface area contributed by atoms with E-state index in [2.05, 4.69) is 20.6 Å². The van der Waals surface area contributed by atoms with Crippen molar-refractivity contribution < 1.29 is 18.0 Å². The summed E-state index contributed by atoms with van der Waals surface area (Å²) in [4.78, 5) is 22.1. The first kappa shape index (κ1) is 20.9. The van der Waals surface area contributed by atoms with Crippen LogP contribution >= 0.6 is 0 Å². The number of nitrogens with zero attached hydrogens (tertiary/aromatic N) is 3. The van der Waals surface area contributed by atoms with Crippen LogP contribution in [-0.2, 0) is 17.5 Å². The number of likely N-dealkylation sites (tertiary alicyclic amines) is 1. The Labute approximate surface area is 167 Å². The second-order valence-electron chi connectivity index (χ2n) is 7.04. The lowest BCUT2D eigenvalue weighted by Crippen LogP contribution is -2.27. The van der Waals surface area contributed by atoms with Crippen LogP contribution in [0.15, 0.2) is 30.5 Å². The largest absolute Gasteiger partial charge is 0.416 e. The summed E-state index contributed by atoms with van der Waals surface area (Å²) in [5.41, 5.74) is 0.642. The molecule has 0 bridgehead atoms. The van der Waals surface area contributed by atoms with Crippen molar-refractivity contribution in [2.75, 3.05) is 30.3 Å². The number of carbonyl (C=O) groups is 1. The minimum Gasteiger partial charge on any atom is -0.366 e. The maximum atomic E-state index is 12.8. The SMILES string of the molecule is Cc1cnc(NCCCN2CCCC2=O)nc1NCc1cccc(C(F)(F)F)c1.